The number of ether oxygens (including phenoxy) is 1. The maximum atomic E-state index is 13.1. The van der Waals surface area contributed by atoms with E-state index in [9.17, 15) is 22.8 Å². The Bertz CT molecular complexity index is 878. The van der Waals surface area contributed by atoms with Crippen molar-refractivity contribution in [2.24, 2.45) is 5.92 Å². The Kier molecular flexibility index (Phi) is 6.25. The molecule has 1 atom stereocenters. The van der Waals surface area contributed by atoms with E-state index in [-0.39, 0.29) is 24.3 Å². The van der Waals surface area contributed by atoms with Gasteiger partial charge in [-0.3, -0.25) is 9.59 Å². The van der Waals surface area contributed by atoms with E-state index in [0.29, 0.717) is 42.7 Å². The van der Waals surface area contributed by atoms with Gasteiger partial charge in [0.05, 0.1) is 18.1 Å². The first kappa shape index (κ1) is 20.9. The Hall–Kier alpha value is -2.83. The molecule has 0 aromatic heterocycles. The number of halogens is 3. The topological polar surface area (TPSA) is 46.6 Å². The molecule has 0 bridgehead atoms. The standard InChI is InChI=1S/C22H22F3NO3/c1-2-29-21(28)16-6-5-13-26(14-16)20(27)19-8-4-3-7-18(19)15-9-11-17(12-10-15)22(23,24)25/h3-4,7-12,16H,2,5-6,13-14H2,1H3. The molecule has 7 heteroatoms. The molecular formula is C22H22F3NO3. The second-order valence-electron chi connectivity index (χ2n) is 6.96. The van der Waals surface area contributed by atoms with Crippen LogP contribution in [0.3, 0.4) is 0 Å². The molecule has 1 amide bonds. The largest absolute Gasteiger partial charge is 0.466 e. The molecule has 2 aromatic rings. The van der Waals surface area contributed by atoms with E-state index in [1.54, 1.807) is 36.1 Å². The predicted octanol–water partition coefficient (Wildman–Crippen LogP) is 4.79. The lowest BCUT2D eigenvalue weighted by Crippen LogP contribution is -2.43. The van der Waals surface area contributed by atoms with Gasteiger partial charge in [0, 0.05) is 18.7 Å². The number of piperidine rings is 1. The minimum absolute atomic E-state index is 0.241. The zero-order valence-corrected chi connectivity index (χ0v) is 16.0. The van der Waals surface area contributed by atoms with Crippen LogP contribution in [0.1, 0.15) is 35.7 Å². The molecule has 0 spiro atoms. The van der Waals surface area contributed by atoms with Crippen LogP contribution in [-0.2, 0) is 15.7 Å². The normalized spacial score (nSPS) is 17.1. The average Bonchev–Trinajstić information content (AvgIpc) is 2.73. The summed E-state index contributed by atoms with van der Waals surface area (Å²) in [5.41, 5.74) is 0.750. The molecule has 2 aromatic carbocycles. The highest BCUT2D eigenvalue weighted by Crippen LogP contribution is 2.32. The summed E-state index contributed by atoms with van der Waals surface area (Å²) in [6, 6.07) is 11.6. The van der Waals surface area contributed by atoms with E-state index in [0.717, 1.165) is 12.1 Å². The van der Waals surface area contributed by atoms with Crippen molar-refractivity contribution in [2.45, 2.75) is 25.9 Å². The molecule has 0 saturated carbocycles. The summed E-state index contributed by atoms with van der Waals surface area (Å²) in [5.74, 6) is -0.901. The Morgan fingerprint density at radius 2 is 1.79 bits per heavy atom. The molecule has 0 radical (unpaired) electrons. The lowest BCUT2D eigenvalue weighted by molar-refractivity contribution is -0.149. The van der Waals surface area contributed by atoms with Crippen molar-refractivity contribution in [3.8, 4) is 11.1 Å². The molecule has 1 aliphatic heterocycles. The van der Waals surface area contributed by atoms with Crippen LogP contribution < -0.4 is 0 Å². The third-order valence-electron chi connectivity index (χ3n) is 5.01. The second-order valence-corrected chi connectivity index (χ2v) is 6.96. The summed E-state index contributed by atoms with van der Waals surface area (Å²) >= 11 is 0. The van der Waals surface area contributed by atoms with Gasteiger partial charge in [-0.1, -0.05) is 30.3 Å². The molecule has 1 unspecified atom stereocenters. The van der Waals surface area contributed by atoms with Gasteiger partial charge >= 0.3 is 12.1 Å². The van der Waals surface area contributed by atoms with Gasteiger partial charge in [-0.25, -0.2) is 0 Å². The van der Waals surface area contributed by atoms with Crippen LogP contribution in [0.15, 0.2) is 48.5 Å². The van der Waals surface area contributed by atoms with E-state index >= 15 is 0 Å². The molecule has 4 nitrogen and oxygen atoms in total. The summed E-state index contributed by atoms with van der Waals surface area (Å²) in [7, 11) is 0. The van der Waals surface area contributed by atoms with E-state index in [4.69, 9.17) is 4.74 Å². The number of likely N-dealkylation sites (tertiary alicyclic amines) is 1. The van der Waals surface area contributed by atoms with Crippen molar-refractivity contribution in [1.29, 1.82) is 0 Å². The van der Waals surface area contributed by atoms with Crippen LogP contribution in [0, 0.1) is 5.92 Å². The number of hydrogen-bond donors (Lipinski definition) is 0. The highest BCUT2D eigenvalue weighted by molar-refractivity contribution is 6.01. The summed E-state index contributed by atoms with van der Waals surface area (Å²) in [4.78, 5) is 26.8. The molecule has 1 saturated heterocycles. The molecule has 1 aliphatic rings. The van der Waals surface area contributed by atoms with Crippen LogP contribution in [0.2, 0.25) is 0 Å². The number of nitrogens with zero attached hydrogens (tertiary/aromatic N) is 1. The molecule has 0 aliphatic carbocycles. The Labute approximate surface area is 167 Å². The van der Waals surface area contributed by atoms with E-state index in [1.165, 1.54) is 12.1 Å². The van der Waals surface area contributed by atoms with Gasteiger partial charge in [0.2, 0.25) is 0 Å². The zero-order valence-electron chi connectivity index (χ0n) is 16.0. The van der Waals surface area contributed by atoms with E-state index < -0.39 is 11.7 Å². The first-order chi connectivity index (χ1) is 13.8. The summed E-state index contributed by atoms with van der Waals surface area (Å²) in [6.45, 7) is 2.83. The first-order valence-corrected chi connectivity index (χ1v) is 9.54. The quantitative estimate of drug-likeness (QED) is 0.688. The number of esters is 1. The Balaban J connectivity index is 1.85. The van der Waals surface area contributed by atoms with Crippen molar-refractivity contribution in [3.05, 3.63) is 59.7 Å². The molecule has 0 N–H and O–H groups in total. The Morgan fingerprint density at radius 1 is 1.10 bits per heavy atom. The van der Waals surface area contributed by atoms with Gasteiger partial charge in [-0.15, -0.1) is 0 Å². The third kappa shape index (κ3) is 4.78. The van der Waals surface area contributed by atoms with E-state index in [1.807, 2.05) is 0 Å². The van der Waals surface area contributed by atoms with Crippen molar-refractivity contribution < 1.29 is 27.5 Å². The van der Waals surface area contributed by atoms with Gasteiger partial charge in [-0.05, 0) is 49.1 Å². The second kappa shape index (κ2) is 8.68. The van der Waals surface area contributed by atoms with Crippen molar-refractivity contribution in [2.75, 3.05) is 19.7 Å². The zero-order chi connectivity index (χ0) is 21.0. The van der Waals surface area contributed by atoms with E-state index in [2.05, 4.69) is 0 Å². The van der Waals surface area contributed by atoms with Gasteiger partial charge in [0.25, 0.3) is 5.91 Å². The van der Waals surface area contributed by atoms with Gasteiger partial charge < -0.3 is 9.64 Å². The van der Waals surface area contributed by atoms with Gasteiger partial charge in [0.15, 0.2) is 0 Å². The van der Waals surface area contributed by atoms with Crippen molar-refractivity contribution in [1.82, 2.24) is 4.90 Å². The first-order valence-electron chi connectivity index (χ1n) is 9.54. The number of hydrogen-bond acceptors (Lipinski definition) is 3. The van der Waals surface area contributed by atoms with Crippen LogP contribution in [-0.4, -0.2) is 36.5 Å². The Morgan fingerprint density at radius 3 is 2.45 bits per heavy atom. The summed E-state index contributed by atoms with van der Waals surface area (Å²) in [5, 5.41) is 0. The van der Waals surface area contributed by atoms with Crippen molar-refractivity contribution in [3.63, 3.8) is 0 Å². The minimum atomic E-state index is -4.41. The monoisotopic (exact) mass is 405 g/mol. The fraction of sp³-hybridized carbons (Fsp3) is 0.364. The molecule has 154 valence electrons. The number of alkyl halides is 3. The highest BCUT2D eigenvalue weighted by Gasteiger charge is 2.32. The number of amides is 1. The molecule has 3 rings (SSSR count). The highest BCUT2D eigenvalue weighted by atomic mass is 19.4. The minimum Gasteiger partial charge on any atom is -0.466 e. The van der Waals surface area contributed by atoms with Crippen LogP contribution in [0.5, 0.6) is 0 Å². The van der Waals surface area contributed by atoms with Crippen LogP contribution in [0.4, 0.5) is 13.2 Å². The van der Waals surface area contributed by atoms with Gasteiger partial charge in [0.1, 0.15) is 0 Å². The number of carbonyl (C=O) groups excluding carboxylic acids is 2. The molecule has 1 fully saturated rings. The van der Waals surface area contributed by atoms with Crippen molar-refractivity contribution >= 4 is 11.9 Å². The summed E-state index contributed by atoms with van der Waals surface area (Å²) < 4.78 is 43.6. The fourth-order valence-electron chi connectivity index (χ4n) is 3.54. The van der Waals surface area contributed by atoms with Crippen LogP contribution in [0.25, 0.3) is 11.1 Å². The van der Waals surface area contributed by atoms with Crippen LogP contribution >= 0.6 is 0 Å². The third-order valence-corrected chi connectivity index (χ3v) is 5.01. The smallest absolute Gasteiger partial charge is 0.416 e. The SMILES string of the molecule is CCOC(=O)C1CCCN(C(=O)c2ccccc2-c2ccc(C(F)(F)F)cc2)C1. The maximum Gasteiger partial charge on any atom is 0.416 e. The fourth-order valence-corrected chi connectivity index (χ4v) is 3.54. The predicted molar refractivity (Wildman–Crippen MR) is 102 cm³/mol. The van der Waals surface area contributed by atoms with Gasteiger partial charge in [-0.2, -0.15) is 13.2 Å². The summed E-state index contributed by atoms with van der Waals surface area (Å²) in [6.07, 6.45) is -3.05. The number of benzene rings is 2. The lowest BCUT2D eigenvalue weighted by atomic mass is 9.95. The molecule has 1 heterocycles. The average molecular weight is 405 g/mol. The maximum absolute atomic E-state index is 13.1. The number of rotatable bonds is 4. The number of carbonyl (C=O) groups is 2. The molecular weight excluding hydrogens is 383 g/mol. The lowest BCUT2D eigenvalue weighted by Gasteiger charge is -2.32. The molecule has 29 heavy (non-hydrogen) atoms.